The summed E-state index contributed by atoms with van der Waals surface area (Å²) in [5, 5.41) is 6.17. The molecule has 1 fully saturated rings. The average Bonchev–Trinajstić information content (AvgIpc) is 2.36. The van der Waals surface area contributed by atoms with Crippen LogP contribution in [0.3, 0.4) is 0 Å². The van der Waals surface area contributed by atoms with E-state index in [9.17, 15) is 0 Å². The van der Waals surface area contributed by atoms with Gasteiger partial charge in [-0.3, -0.25) is 0 Å². The predicted octanol–water partition coefficient (Wildman–Crippen LogP) is 3.82. The SMILES string of the molecule is CCOC1CC(Nc2ccc3ccccc3c2)C1. The molecule has 0 aliphatic heterocycles. The maximum Gasteiger partial charge on any atom is 0.0614 e. The van der Waals surface area contributed by atoms with Crippen molar-refractivity contribution in [2.75, 3.05) is 11.9 Å². The van der Waals surface area contributed by atoms with Crippen LogP contribution in [0.25, 0.3) is 10.8 Å². The minimum absolute atomic E-state index is 0.466. The number of ether oxygens (including phenoxy) is 1. The molecule has 0 bridgehead atoms. The van der Waals surface area contributed by atoms with E-state index in [1.165, 1.54) is 16.5 Å². The molecular formula is C16H19NO. The average molecular weight is 241 g/mol. The first-order chi connectivity index (χ1) is 8.85. The molecule has 0 amide bonds. The van der Waals surface area contributed by atoms with E-state index in [1.807, 2.05) is 0 Å². The number of rotatable bonds is 4. The molecule has 0 aromatic heterocycles. The van der Waals surface area contributed by atoms with Crippen molar-refractivity contribution in [2.45, 2.75) is 31.9 Å². The van der Waals surface area contributed by atoms with Crippen molar-refractivity contribution in [3.63, 3.8) is 0 Å². The Kier molecular flexibility index (Phi) is 3.20. The monoisotopic (exact) mass is 241 g/mol. The lowest BCUT2D eigenvalue weighted by atomic mass is 9.89. The van der Waals surface area contributed by atoms with Crippen LogP contribution in [0.15, 0.2) is 42.5 Å². The van der Waals surface area contributed by atoms with E-state index in [0.717, 1.165) is 19.4 Å². The second kappa shape index (κ2) is 4.99. The van der Waals surface area contributed by atoms with E-state index in [1.54, 1.807) is 0 Å². The summed E-state index contributed by atoms with van der Waals surface area (Å²) in [5.74, 6) is 0. The van der Waals surface area contributed by atoms with Crippen LogP contribution in [-0.2, 0) is 4.74 Å². The Morgan fingerprint density at radius 3 is 2.67 bits per heavy atom. The second-order valence-electron chi connectivity index (χ2n) is 4.95. The predicted molar refractivity (Wildman–Crippen MR) is 76.0 cm³/mol. The smallest absolute Gasteiger partial charge is 0.0614 e. The van der Waals surface area contributed by atoms with Crippen molar-refractivity contribution in [1.82, 2.24) is 0 Å². The quantitative estimate of drug-likeness (QED) is 0.878. The zero-order valence-electron chi connectivity index (χ0n) is 10.7. The van der Waals surface area contributed by atoms with Crippen LogP contribution >= 0.6 is 0 Å². The molecule has 0 saturated heterocycles. The molecule has 1 aliphatic rings. The lowest BCUT2D eigenvalue weighted by molar-refractivity contribution is 0.00300. The van der Waals surface area contributed by atoms with Gasteiger partial charge in [-0.2, -0.15) is 0 Å². The molecule has 0 heterocycles. The molecule has 0 radical (unpaired) electrons. The summed E-state index contributed by atoms with van der Waals surface area (Å²) in [5.41, 5.74) is 1.22. The largest absolute Gasteiger partial charge is 0.382 e. The van der Waals surface area contributed by atoms with Crippen molar-refractivity contribution in [3.05, 3.63) is 42.5 Å². The van der Waals surface area contributed by atoms with Crippen LogP contribution in [0.2, 0.25) is 0 Å². The number of fused-ring (bicyclic) bond motifs is 1. The first kappa shape index (κ1) is 11.5. The molecule has 2 heteroatoms. The number of benzene rings is 2. The van der Waals surface area contributed by atoms with Crippen LogP contribution in [-0.4, -0.2) is 18.8 Å². The lowest BCUT2D eigenvalue weighted by Gasteiger charge is -2.36. The normalized spacial score (nSPS) is 22.7. The molecule has 0 atom stereocenters. The molecule has 3 rings (SSSR count). The Bertz CT molecular complexity index is 531. The van der Waals surface area contributed by atoms with Gasteiger partial charge in [-0.1, -0.05) is 30.3 Å². The van der Waals surface area contributed by atoms with Crippen molar-refractivity contribution >= 4 is 16.5 Å². The highest BCUT2D eigenvalue weighted by Crippen LogP contribution is 2.28. The molecule has 2 aromatic carbocycles. The molecule has 0 unspecified atom stereocenters. The van der Waals surface area contributed by atoms with Crippen molar-refractivity contribution in [3.8, 4) is 0 Å². The summed E-state index contributed by atoms with van der Waals surface area (Å²) in [6.45, 7) is 2.89. The van der Waals surface area contributed by atoms with Gasteiger partial charge in [0.05, 0.1) is 6.10 Å². The fraction of sp³-hybridized carbons (Fsp3) is 0.375. The molecule has 18 heavy (non-hydrogen) atoms. The van der Waals surface area contributed by atoms with Gasteiger partial charge in [-0.25, -0.2) is 0 Å². The number of hydrogen-bond acceptors (Lipinski definition) is 2. The lowest BCUT2D eigenvalue weighted by Crippen LogP contribution is -2.40. The third kappa shape index (κ3) is 2.34. The van der Waals surface area contributed by atoms with E-state index in [4.69, 9.17) is 4.74 Å². The highest BCUT2D eigenvalue weighted by molar-refractivity contribution is 5.85. The van der Waals surface area contributed by atoms with Gasteiger partial charge in [0, 0.05) is 18.3 Å². The second-order valence-corrected chi connectivity index (χ2v) is 4.95. The molecule has 2 aromatic rings. The summed E-state index contributed by atoms with van der Waals surface area (Å²) in [6, 6.07) is 15.6. The van der Waals surface area contributed by atoms with Crippen LogP contribution in [0.4, 0.5) is 5.69 Å². The van der Waals surface area contributed by atoms with Crippen molar-refractivity contribution in [2.24, 2.45) is 0 Å². The van der Waals surface area contributed by atoms with Crippen LogP contribution in [0.1, 0.15) is 19.8 Å². The summed E-state index contributed by atoms with van der Waals surface area (Å²) in [7, 11) is 0. The van der Waals surface area contributed by atoms with E-state index < -0.39 is 0 Å². The maximum atomic E-state index is 5.58. The number of hydrogen-bond donors (Lipinski definition) is 1. The van der Waals surface area contributed by atoms with Crippen molar-refractivity contribution in [1.29, 1.82) is 0 Å². The fourth-order valence-corrected chi connectivity index (χ4v) is 2.57. The Morgan fingerprint density at radius 2 is 1.89 bits per heavy atom. The third-order valence-corrected chi connectivity index (χ3v) is 3.62. The zero-order chi connectivity index (χ0) is 12.4. The van der Waals surface area contributed by atoms with Crippen molar-refractivity contribution < 1.29 is 4.74 Å². The van der Waals surface area contributed by atoms with E-state index >= 15 is 0 Å². The molecule has 1 saturated carbocycles. The standard InChI is InChI=1S/C16H19NO/c1-2-18-16-10-15(11-16)17-14-8-7-12-5-3-4-6-13(12)9-14/h3-9,15-17H,2,10-11H2,1H3. The van der Waals surface area contributed by atoms with Gasteiger partial charge in [0.1, 0.15) is 0 Å². The topological polar surface area (TPSA) is 21.3 Å². The zero-order valence-corrected chi connectivity index (χ0v) is 10.7. The van der Waals surface area contributed by atoms with Gasteiger partial charge in [0.25, 0.3) is 0 Å². The van der Waals surface area contributed by atoms with Gasteiger partial charge in [-0.15, -0.1) is 0 Å². The third-order valence-electron chi connectivity index (χ3n) is 3.62. The van der Waals surface area contributed by atoms with Gasteiger partial charge >= 0.3 is 0 Å². The highest BCUT2D eigenvalue weighted by Gasteiger charge is 2.29. The Hall–Kier alpha value is -1.54. The summed E-state index contributed by atoms with van der Waals surface area (Å²) >= 11 is 0. The van der Waals surface area contributed by atoms with E-state index in [-0.39, 0.29) is 0 Å². The highest BCUT2D eigenvalue weighted by atomic mass is 16.5. The van der Waals surface area contributed by atoms with Gasteiger partial charge in [-0.05, 0) is 42.7 Å². The van der Waals surface area contributed by atoms with Gasteiger partial charge < -0.3 is 10.1 Å². The first-order valence-electron chi connectivity index (χ1n) is 6.72. The number of nitrogens with one attached hydrogen (secondary N) is 1. The molecule has 94 valence electrons. The van der Waals surface area contributed by atoms with Gasteiger partial charge in [0.15, 0.2) is 0 Å². The minimum atomic E-state index is 0.466. The Balaban J connectivity index is 1.65. The Morgan fingerprint density at radius 1 is 1.11 bits per heavy atom. The van der Waals surface area contributed by atoms with Crippen LogP contribution < -0.4 is 5.32 Å². The maximum absolute atomic E-state index is 5.58. The van der Waals surface area contributed by atoms with Crippen LogP contribution in [0.5, 0.6) is 0 Å². The van der Waals surface area contributed by atoms with Crippen LogP contribution in [0, 0.1) is 0 Å². The number of anilines is 1. The first-order valence-corrected chi connectivity index (χ1v) is 6.72. The van der Waals surface area contributed by atoms with Gasteiger partial charge in [0.2, 0.25) is 0 Å². The molecular weight excluding hydrogens is 222 g/mol. The fourth-order valence-electron chi connectivity index (χ4n) is 2.57. The summed E-state index contributed by atoms with van der Waals surface area (Å²) in [6.07, 6.45) is 2.72. The molecule has 0 spiro atoms. The Labute approximate surface area is 108 Å². The summed E-state index contributed by atoms with van der Waals surface area (Å²) in [4.78, 5) is 0. The molecule has 2 nitrogen and oxygen atoms in total. The van der Waals surface area contributed by atoms with E-state index in [2.05, 4.69) is 54.7 Å². The minimum Gasteiger partial charge on any atom is -0.382 e. The molecule has 1 aliphatic carbocycles. The summed E-state index contributed by atoms with van der Waals surface area (Å²) < 4.78 is 5.58. The molecule has 1 N–H and O–H groups in total. The van der Waals surface area contributed by atoms with E-state index in [0.29, 0.717) is 12.1 Å².